The maximum Gasteiger partial charge on any atom is 0.417 e. The molecule has 0 bridgehead atoms. The quantitative estimate of drug-likeness (QED) is 0.858. The van der Waals surface area contributed by atoms with Crippen LogP contribution >= 0.6 is 0 Å². The Morgan fingerprint density at radius 1 is 1.11 bits per heavy atom. The highest BCUT2D eigenvalue weighted by atomic mass is 32.2. The molecule has 0 fully saturated rings. The van der Waals surface area contributed by atoms with Crippen LogP contribution in [0, 0.1) is 0 Å². The minimum atomic E-state index is -3.59. The van der Waals surface area contributed by atoms with E-state index in [-0.39, 0.29) is 16.4 Å². The van der Waals surface area contributed by atoms with Crippen molar-refractivity contribution in [3.8, 4) is 0 Å². The van der Waals surface area contributed by atoms with Crippen molar-refractivity contribution in [2.24, 2.45) is 0 Å². The fourth-order valence-electron chi connectivity index (χ4n) is 2.28. The first-order valence-corrected chi connectivity index (χ1v) is 7.09. The molecule has 0 spiro atoms. The van der Waals surface area contributed by atoms with Crippen LogP contribution in [0.5, 0.6) is 0 Å². The summed E-state index contributed by atoms with van der Waals surface area (Å²) in [4.78, 5) is 10.5. The van der Waals surface area contributed by atoms with Crippen LogP contribution < -0.4 is 0 Å². The predicted molar refractivity (Wildman–Crippen MR) is 70.8 cm³/mol. The predicted octanol–water partition coefficient (Wildman–Crippen LogP) is 2.05. The van der Waals surface area contributed by atoms with Crippen molar-refractivity contribution in [2.75, 3.05) is 6.61 Å². The lowest BCUT2D eigenvalue weighted by atomic mass is 10.1. The van der Waals surface area contributed by atoms with E-state index in [9.17, 15) is 13.2 Å². The molecule has 0 saturated heterocycles. The SMILES string of the molecule is O=[C]OCC1=Cc2ccc3ccccc3c2S1(=O)=O. The van der Waals surface area contributed by atoms with Crippen molar-refractivity contribution < 1.29 is 17.9 Å². The number of hydrogen-bond acceptors (Lipinski definition) is 4. The first-order chi connectivity index (χ1) is 9.14. The van der Waals surface area contributed by atoms with E-state index in [1.807, 2.05) is 18.2 Å². The summed E-state index contributed by atoms with van der Waals surface area (Å²) >= 11 is 0. The Kier molecular flexibility index (Phi) is 2.64. The molecule has 95 valence electrons. The lowest BCUT2D eigenvalue weighted by Gasteiger charge is -2.06. The molecule has 1 radical (unpaired) electrons. The van der Waals surface area contributed by atoms with Crippen LogP contribution in [0.3, 0.4) is 0 Å². The molecule has 1 aliphatic heterocycles. The summed E-state index contributed by atoms with van der Waals surface area (Å²) in [5.41, 5.74) is 0.628. The van der Waals surface area contributed by atoms with Gasteiger partial charge in [0.15, 0.2) is 0 Å². The molecule has 0 aromatic heterocycles. The Balaban J connectivity index is 2.24. The number of fused-ring (bicyclic) bond motifs is 3. The second kappa shape index (κ2) is 4.20. The van der Waals surface area contributed by atoms with Crippen molar-refractivity contribution in [3.05, 3.63) is 46.9 Å². The maximum absolute atomic E-state index is 12.4. The highest BCUT2D eigenvalue weighted by Gasteiger charge is 2.31. The number of benzene rings is 2. The largest absolute Gasteiger partial charge is 0.452 e. The number of rotatable bonds is 3. The topological polar surface area (TPSA) is 60.4 Å². The molecule has 0 unspecified atom stereocenters. The zero-order valence-electron chi connectivity index (χ0n) is 9.79. The minimum Gasteiger partial charge on any atom is -0.452 e. The molecule has 0 atom stereocenters. The third-order valence-corrected chi connectivity index (χ3v) is 5.03. The summed E-state index contributed by atoms with van der Waals surface area (Å²) < 4.78 is 29.3. The van der Waals surface area contributed by atoms with Gasteiger partial charge in [-0.05, 0) is 17.0 Å². The first-order valence-electron chi connectivity index (χ1n) is 5.61. The van der Waals surface area contributed by atoms with E-state index in [1.165, 1.54) is 12.5 Å². The zero-order chi connectivity index (χ0) is 13.5. The van der Waals surface area contributed by atoms with Gasteiger partial charge in [0.05, 0.1) is 9.80 Å². The average Bonchev–Trinajstić information content (AvgIpc) is 2.68. The maximum atomic E-state index is 12.4. The smallest absolute Gasteiger partial charge is 0.417 e. The number of carbonyl (C=O) groups excluding carboxylic acids is 1. The van der Waals surface area contributed by atoms with Gasteiger partial charge in [-0.1, -0.05) is 36.4 Å². The molecule has 0 amide bonds. The Labute approximate surface area is 110 Å². The Hall–Kier alpha value is -2.14. The molecule has 4 nitrogen and oxygen atoms in total. The summed E-state index contributed by atoms with van der Waals surface area (Å²) in [6.07, 6.45) is 1.54. The molecular formula is C14H9O4S. The van der Waals surface area contributed by atoms with Crippen LogP contribution in [0.25, 0.3) is 16.8 Å². The van der Waals surface area contributed by atoms with Crippen molar-refractivity contribution in [1.29, 1.82) is 0 Å². The lowest BCUT2D eigenvalue weighted by molar-refractivity contribution is 0.311. The van der Waals surface area contributed by atoms with Gasteiger partial charge in [-0.25, -0.2) is 13.2 Å². The van der Waals surface area contributed by atoms with E-state index >= 15 is 0 Å². The van der Waals surface area contributed by atoms with Gasteiger partial charge in [0.1, 0.15) is 6.61 Å². The zero-order valence-corrected chi connectivity index (χ0v) is 10.6. The van der Waals surface area contributed by atoms with Crippen LogP contribution in [-0.2, 0) is 19.4 Å². The fraction of sp³-hybridized carbons (Fsp3) is 0.0714. The van der Waals surface area contributed by atoms with Gasteiger partial charge in [0, 0.05) is 5.39 Å². The van der Waals surface area contributed by atoms with E-state index in [4.69, 9.17) is 0 Å². The lowest BCUT2D eigenvalue weighted by Crippen LogP contribution is -2.06. The van der Waals surface area contributed by atoms with Crippen LogP contribution in [0.15, 0.2) is 46.2 Å². The molecule has 1 aliphatic rings. The molecule has 2 aromatic carbocycles. The highest BCUT2D eigenvalue weighted by Crippen LogP contribution is 2.37. The Morgan fingerprint density at radius 2 is 1.89 bits per heavy atom. The molecule has 0 saturated carbocycles. The summed E-state index contributed by atoms with van der Waals surface area (Å²) in [6, 6.07) is 10.9. The third-order valence-electron chi connectivity index (χ3n) is 3.11. The van der Waals surface area contributed by atoms with Crippen LogP contribution in [0.1, 0.15) is 5.56 Å². The second-order valence-corrected chi connectivity index (χ2v) is 6.13. The molecular weight excluding hydrogens is 264 g/mol. The molecule has 2 aromatic rings. The number of hydrogen-bond donors (Lipinski definition) is 0. The average molecular weight is 273 g/mol. The monoisotopic (exact) mass is 273 g/mol. The fourth-order valence-corrected chi connectivity index (χ4v) is 3.95. The minimum absolute atomic E-state index is 0.0854. The van der Waals surface area contributed by atoms with E-state index in [1.54, 1.807) is 18.2 Å². The summed E-state index contributed by atoms with van der Waals surface area (Å²) in [5, 5.41) is 1.55. The van der Waals surface area contributed by atoms with E-state index < -0.39 is 9.84 Å². The summed E-state index contributed by atoms with van der Waals surface area (Å²) in [7, 11) is -3.59. The highest BCUT2D eigenvalue weighted by molar-refractivity contribution is 7.96. The molecule has 19 heavy (non-hydrogen) atoms. The molecule has 3 rings (SSSR count). The standard InChI is InChI=1S/C14H9O4S/c15-9-18-8-12-7-11-6-5-10-3-1-2-4-13(10)14(11)19(12,16)17/h1-7H,8H2. The van der Waals surface area contributed by atoms with Crippen molar-refractivity contribution >= 4 is 33.2 Å². The summed E-state index contributed by atoms with van der Waals surface area (Å²) in [6.45, 7) is 0.958. The van der Waals surface area contributed by atoms with Gasteiger partial charge < -0.3 is 4.74 Å². The van der Waals surface area contributed by atoms with Gasteiger partial charge in [0.25, 0.3) is 0 Å². The van der Waals surface area contributed by atoms with Crippen molar-refractivity contribution in [3.63, 3.8) is 0 Å². The number of sulfone groups is 1. The van der Waals surface area contributed by atoms with Crippen LogP contribution in [0.4, 0.5) is 0 Å². The van der Waals surface area contributed by atoms with Gasteiger partial charge in [-0.2, -0.15) is 0 Å². The molecule has 0 N–H and O–H groups in total. The van der Waals surface area contributed by atoms with Crippen molar-refractivity contribution in [2.45, 2.75) is 4.90 Å². The van der Waals surface area contributed by atoms with E-state index in [0.717, 1.165) is 5.39 Å². The normalized spacial score (nSPS) is 15.9. The second-order valence-electron chi connectivity index (χ2n) is 4.19. The third kappa shape index (κ3) is 1.74. The first kappa shape index (κ1) is 11.9. The van der Waals surface area contributed by atoms with Crippen molar-refractivity contribution in [1.82, 2.24) is 0 Å². The molecule has 1 heterocycles. The van der Waals surface area contributed by atoms with Gasteiger partial charge >= 0.3 is 6.47 Å². The van der Waals surface area contributed by atoms with Gasteiger partial charge in [-0.15, -0.1) is 0 Å². The van der Waals surface area contributed by atoms with E-state index in [2.05, 4.69) is 4.74 Å². The Morgan fingerprint density at radius 3 is 2.68 bits per heavy atom. The molecule has 0 aliphatic carbocycles. The van der Waals surface area contributed by atoms with Gasteiger partial charge in [0.2, 0.25) is 9.84 Å². The summed E-state index contributed by atoms with van der Waals surface area (Å²) in [5.74, 6) is 0. The van der Waals surface area contributed by atoms with Crippen LogP contribution in [-0.4, -0.2) is 21.5 Å². The van der Waals surface area contributed by atoms with Crippen LogP contribution in [0.2, 0.25) is 0 Å². The van der Waals surface area contributed by atoms with E-state index in [0.29, 0.717) is 10.9 Å². The molecule has 5 heteroatoms. The number of ether oxygens (including phenoxy) is 1. The van der Waals surface area contributed by atoms with Gasteiger partial charge in [-0.3, -0.25) is 0 Å². The Bertz CT molecular complexity index is 803.